The van der Waals surface area contributed by atoms with Crippen LogP contribution < -0.4 is 0 Å². The van der Waals surface area contributed by atoms with Gasteiger partial charge in [-0.1, -0.05) is 38.1 Å². The van der Waals surface area contributed by atoms with Crippen molar-refractivity contribution < 1.29 is 15.3 Å². The van der Waals surface area contributed by atoms with Gasteiger partial charge in [0.15, 0.2) is 0 Å². The van der Waals surface area contributed by atoms with Crippen LogP contribution in [0.2, 0.25) is 0 Å². The van der Waals surface area contributed by atoms with Gasteiger partial charge in [-0.3, -0.25) is 0 Å². The topological polar surface area (TPSA) is 60.7 Å². The zero-order chi connectivity index (χ0) is 28.2. The molecular formula is C29H22I6O3. The first-order valence-electron chi connectivity index (χ1n) is 11.3. The van der Waals surface area contributed by atoms with Crippen LogP contribution >= 0.6 is 136 Å². The monoisotopic (exact) mass is 1180 g/mol. The van der Waals surface area contributed by atoms with Gasteiger partial charge in [-0.15, -0.1) is 0 Å². The Hall–Kier alpha value is 0.660. The SMILES string of the molecule is CC(C)(c1ccc(C(C)(c2cc(I)c(O)c(I)c2)c2cc(I)c(O)c(I)c2)cc1)c1cc(I)c(O)c(I)c1. The molecule has 0 radical (unpaired) electrons. The first-order chi connectivity index (χ1) is 17.7. The van der Waals surface area contributed by atoms with Gasteiger partial charge in [0.1, 0.15) is 17.2 Å². The summed E-state index contributed by atoms with van der Waals surface area (Å²) in [5, 5.41) is 31.2. The van der Waals surface area contributed by atoms with Crippen LogP contribution in [0.25, 0.3) is 0 Å². The Labute approximate surface area is 304 Å². The molecule has 0 aromatic heterocycles. The van der Waals surface area contributed by atoms with Crippen molar-refractivity contribution >= 4 is 136 Å². The van der Waals surface area contributed by atoms with E-state index in [2.05, 4.69) is 193 Å². The number of hydrogen-bond donors (Lipinski definition) is 3. The molecule has 3 N–H and O–H groups in total. The maximum absolute atomic E-state index is 10.5. The first-order valence-corrected chi connectivity index (χ1v) is 17.8. The molecule has 0 heterocycles. The molecule has 198 valence electrons. The van der Waals surface area contributed by atoms with E-state index in [-0.39, 0.29) is 5.41 Å². The molecule has 0 spiro atoms. The molecule has 9 heteroatoms. The van der Waals surface area contributed by atoms with Crippen molar-refractivity contribution in [2.45, 2.75) is 31.6 Å². The number of halogens is 6. The van der Waals surface area contributed by atoms with Crippen LogP contribution in [0.1, 0.15) is 48.6 Å². The predicted molar refractivity (Wildman–Crippen MR) is 205 cm³/mol. The predicted octanol–water partition coefficient (Wildman–Crippen LogP) is 10.1. The second kappa shape index (κ2) is 12.1. The number of aromatic hydroxyl groups is 3. The van der Waals surface area contributed by atoms with E-state index in [0.717, 1.165) is 43.7 Å². The third kappa shape index (κ3) is 5.93. The number of benzene rings is 4. The Bertz CT molecular complexity index is 1420. The average molecular weight is 1180 g/mol. The van der Waals surface area contributed by atoms with Crippen LogP contribution in [0, 0.1) is 21.4 Å². The van der Waals surface area contributed by atoms with E-state index in [9.17, 15) is 15.3 Å². The molecule has 4 aromatic rings. The van der Waals surface area contributed by atoms with Gasteiger partial charge in [-0.2, -0.15) is 0 Å². The quantitative estimate of drug-likeness (QED) is 0.138. The van der Waals surface area contributed by atoms with Crippen LogP contribution in [0.3, 0.4) is 0 Å². The summed E-state index contributed by atoms with van der Waals surface area (Å²) in [5.74, 6) is 0.915. The zero-order valence-electron chi connectivity index (χ0n) is 20.4. The summed E-state index contributed by atoms with van der Waals surface area (Å²) in [6, 6.07) is 21.0. The summed E-state index contributed by atoms with van der Waals surface area (Å²) in [6.45, 7) is 6.61. The second-order valence-electron chi connectivity index (χ2n) is 9.69. The van der Waals surface area contributed by atoms with E-state index in [4.69, 9.17) is 0 Å². The largest absolute Gasteiger partial charge is 0.506 e. The highest BCUT2D eigenvalue weighted by atomic mass is 127. The molecule has 0 amide bonds. The summed E-state index contributed by atoms with van der Waals surface area (Å²) in [6.07, 6.45) is 0. The molecule has 0 bridgehead atoms. The molecule has 0 fully saturated rings. The van der Waals surface area contributed by atoms with Gasteiger partial charge in [-0.25, -0.2) is 0 Å². The summed E-state index contributed by atoms with van der Waals surface area (Å²) in [4.78, 5) is 0. The Morgan fingerprint density at radius 1 is 0.421 bits per heavy atom. The van der Waals surface area contributed by atoms with Crippen molar-refractivity contribution in [3.63, 3.8) is 0 Å². The molecule has 0 atom stereocenters. The number of hydrogen-bond acceptors (Lipinski definition) is 3. The molecular weight excluding hydrogens is 1160 g/mol. The highest BCUT2D eigenvalue weighted by Gasteiger charge is 2.34. The molecule has 3 nitrogen and oxygen atoms in total. The third-order valence-electron chi connectivity index (χ3n) is 7.11. The van der Waals surface area contributed by atoms with Gasteiger partial charge in [0.25, 0.3) is 0 Å². The maximum Gasteiger partial charge on any atom is 0.142 e. The summed E-state index contributed by atoms with van der Waals surface area (Å²) >= 11 is 13.1. The van der Waals surface area contributed by atoms with Gasteiger partial charge in [0.2, 0.25) is 0 Å². The Morgan fingerprint density at radius 2 is 0.684 bits per heavy atom. The fourth-order valence-electron chi connectivity index (χ4n) is 4.52. The minimum atomic E-state index is -0.535. The van der Waals surface area contributed by atoms with Gasteiger partial charge in [0, 0.05) is 10.8 Å². The molecule has 0 saturated heterocycles. The minimum absolute atomic E-state index is 0.269. The van der Waals surface area contributed by atoms with Crippen LogP contribution in [0.15, 0.2) is 60.7 Å². The first kappa shape index (κ1) is 31.6. The molecule has 4 aromatic carbocycles. The highest BCUT2D eigenvalue weighted by Crippen LogP contribution is 2.45. The molecule has 0 unspecified atom stereocenters. The molecule has 0 saturated carbocycles. The van der Waals surface area contributed by atoms with Gasteiger partial charge in [0.05, 0.1) is 21.4 Å². The summed E-state index contributed by atoms with van der Waals surface area (Å²) < 4.78 is 4.88. The smallest absolute Gasteiger partial charge is 0.142 e. The van der Waals surface area contributed by atoms with Crippen molar-refractivity contribution in [1.82, 2.24) is 0 Å². The molecule has 0 aliphatic rings. The third-order valence-corrected chi connectivity index (χ3v) is 12.0. The van der Waals surface area contributed by atoms with E-state index in [1.54, 1.807) is 0 Å². The molecule has 0 aliphatic carbocycles. The van der Waals surface area contributed by atoms with Gasteiger partial charge < -0.3 is 15.3 Å². The van der Waals surface area contributed by atoms with Crippen LogP contribution in [-0.2, 0) is 10.8 Å². The normalized spacial score (nSPS) is 12.1. The highest BCUT2D eigenvalue weighted by molar-refractivity contribution is 14.1. The fourth-order valence-corrected chi connectivity index (χ4v) is 9.83. The standard InChI is InChI=1S/C29H22I6O3/c1-28(2,16-8-19(30)25(36)20(31)9-16)14-4-6-15(7-5-14)29(3,17-10-21(32)26(37)22(33)11-17)18-12-23(34)27(38)24(35)13-18/h4-13,36-38H,1-3H3. The van der Waals surface area contributed by atoms with Crippen molar-refractivity contribution in [2.75, 3.05) is 0 Å². The van der Waals surface area contributed by atoms with Crippen LogP contribution in [-0.4, -0.2) is 15.3 Å². The molecule has 38 heavy (non-hydrogen) atoms. The van der Waals surface area contributed by atoms with E-state index >= 15 is 0 Å². The Morgan fingerprint density at radius 3 is 1.00 bits per heavy atom. The Balaban J connectivity index is 1.90. The van der Waals surface area contributed by atoms with Crippen LogP contribution in [0.5, 0.6) is 17.2 Å². The van der Waals surface area contributed by atoms with Crippen molar-refractivity contribution in [3.05, 3.63) is 110 Å². The van der Waals surface area contributed by atoms with E-state index < -0.39 is 5.41 Å². The van der Waals surface area contributed by atoms with Crippen molar-refractivity contribution in [3.8, 4) is 17.2 Å². The lowest BCUT2D eigenvalue weighted by atomic mass is 9.70. The van der Waals surface area contributed by atoms with Gasteiger partial charge in [-0.05, 0) is 207 Å². The second-order valence-corrected chi connectivity index (χ2v) is 16.7. The zero-order valence-corrected chi connectivity index (χ0v) is 33.3. The van der Waals surface area contributed by atoms with E-state index in [0.29, 0.717) is 17.2 Å². The lowest BCUT2D eigenvalue weighted by Gasteiger charge is -2.34. The van der Waals surface area contributed by atoms with Gasteiger partial charge >= 0.3 is 0 Å². The molecule has 4 rings (SSSR count). The fraction of sp³-hybridized carbons (Fsp3) is 0.172. The summed E-state index contributed by atoms with van der Waals surface area (Å²) in [5.41, 5.74) is 4.76. The van der Waals surface area contributed by atoms with E-state index in [1.807, 2.05) is 24.3 Å². The minimum Gasteiger partial charge on any atom is -0.506 e. The number of phenolic OH excluding ortho intramolecular Hbond substituents is 3. The van der Waals surface area contributed by atoms with E-state index in [1.165, 1.54) is 5.56 Å². The van der Waals surface area contributed by atoms with Crippen molar-refractivity contribution in [1.29, 1.82) is 0 Å². The van der Waals surface area contributed by atoms with Crippen molar-refractivity contribution in [2.24, 2.45) is 0 Å². The number of phenols is 3. The van der Waals surface area contributed by atoms with Crippen LogP contribution in [0.4, 0.5) is 0 Å². The lowest BCUT2D eigenvalue weighted by molar-refractivity contribution is 0.465. The Kier molecular flexibility index (Phi) is 10.1. The lowest BCUT2D eigenvalue weighted by Crippen LogP contribution is -2.27. The summed E-state index contributed by atoms with van der Waals surface area (Å²) in [7, 11) is 0. The molecule has 0 aliphatic heterocycles. The maximum atomic E-state index is 10.5. The number of rotatable bonds is 5. The average Bonchev–Trinajstić information content (AvgIpc) is 2.87.